The summed E-state index contributed by atoms with van der Waals surface area (Å²) in [5.41, 5.74) is 1.25. The zero-order chi connectivity index (χ0) is 15.4. The average Bonchev–Trinajstić information content (AvgIpc) is 2.95. The number of nitrogens with zero attached hydrogens (tertiary/aromatic N) is 1. The Balaban J connectivity index is 1.92. The van der Waals surface area contributed by atoms with Gasteiger partial charge < -0.3 is 9.84 Å². The quantitative estimate of drug-likeness (QED) is 0.917. The van der Waals surface area contributed by atoms with E-state index < -0.39 is 0 Å². The van der Waals surface area contributed by atoms with Gasteiger partial charge in [0.15, 0.2) is 5.69 Å². The van der Waals surface area contributed by atoms with Crippen molar-refractivity contribution in [2.75, 3.05) is 6.54 Å². The topological polar surface area (TPSA) is 55.1 Å². The molecule has 0 saturated heterocycles. The molecule has 2 rings (SSSR count). The second-order valence-electron chi connectivity index (χ2n) is 5.43. The number of benzene rings is 1. The van der Waals surface area contributed by atoms with E-state index >= 15 is 0 Å². The number of hydrogen-bond acceptors (Lipinski definition) is 3. The highest BCUT2D eigenvalue weighted by molar-refractivity contribution is 5.92. The number of carbonyl (C=O) groups is 1. The third-order valence-corrected chi connectivity index (χ3v) is 3.34. The Kier molecular flexibility index (Phi) is 4.73. The van der Waals surface area contributed by atoms with Crippen molar-refractivity contribution >= 4 is 5.91 Å². The molecule has 1 N–H and O–H groups in total. The lowest BCUT2D eigenvalue weighted by molar-refractivity contribution is 0.0942. The zero-order valence-electron chi connectivity index (χ0n) is 12.4. The normalized spacial score (nSPS) is 12.4. The van der Waals surface area contributed by atoms with Crippen LogP contribution in [0.4, 0.5) is 4.39 Å². The molecule has 4 nitrogen and oxygen atoms in total. The lowest BCUT2D eigenvalue weighted by Crippen LogP contribution is -2.27. The number of halogens is 1. The second kappa shape index (κ2) is 6.52. The number of hydrogen-bond donors (Lipinski definition) is 1. The summed E-state index contributed by atoms with van der Waals surface area (Å²) >= 11 is 0. The van der Waals surface area contributed by atoms with Gasteiger partial charge in [-0.2, -0.15) is 0 Å². The molecular formula is C16H19FN2O2. The van der Waals surface area contributed by atoms with Crippen molar-refractivity contribution in [1.82, 2.24) is 10.5 Å². The van der Waals surface area contributed by atoms with Crippen molar-refractivity contribution in [2.45, 2.75) is 32.6 Å². The van der Waals surface area contributed by atoms with Crippen LogP contribution in [0.5, 0.6) is 0 Å². The first-order valence-electron chi connectivity index (χ1n) is 6.97. The smallest absolute Gasteiger partial charge is 0.273 e. The SMILES string of the molecule is CC(C)c1cc(C(=O)NCC(C)c2ccc(F)cc2)no1. The highest BCUT2D eigenvalue weighted by Gasteiger charge is 2.15. The van der Waals surface area contributed by atoms with Crippen LogP contribution in [-0.2, 0) is 0 Å². The molecular weight excluding hydrogens is 271 g/mol. The summed E-state index contributed by atoms with van der Waals surface area (Å²) in [5, 5.41) is 6.57. The van der Waals surface area contributed by atoms with E-state index in [1.54, 1.807) is 18.2 Å². The van der Waals surface area contributed by atoms with Gasteiger partial charge in [0, 0.05) is 18.5 Å². The van der Waals surface area contributed by atoms with Crippen LogP contribution >= 0.6 is 0 Å². The minimum absolute atomic E-state index is 0.0889. The largest absolute Gasteiger partial charge is 0.360 e. The Morgan fingerprint density at radius 3 is 2.52 bits per heavy atom. The van der Waals surface area contributed by atoms with E-state index in [1.165, 1.54) is 12.1 Å². The third kappa shape index (κ3) is 3.90. The van der Waals surface area contributed by atoms with Crippen LogP contribution in [0, 0.1) is 5.82 Å². The summed E-state index contributed by atoms with van der Waals surface area (Å²) < 4.78 is 18.0. The maximum Gasteiger partial charge on any atom is 0.273 e. The number of carbonyl (C=O) groups excluding carboxylic acids is 1. The summed E-state index contributed by atoms with van der Waals surface area (Å²) in [4.78, 5) is 12.0. The molecule has 0 aliphatic heterocycles. The molecule has 0 spiro atoms. The van der Waals surface area contributed by atoms with Gasteiger partial charge in [-0.3, -0.25) is 4.79 Å². The Bertz CT molecular complexity index is 605. The van der Waals surface area contributed by atoms with Gasteiger partial charge in [0.2, 0.25) is 0 Å². The molecule has 0 bridgehead atoms. The average molecular weight is 290 g/mol. The van der Waals surface area contributed by atoms with Gasteiger partial charge in [-0.1, -0.05) is 38.1 Å². The molecule has 0 fully saturated rings. The van der Waals surface area contributed by atoms with E-state index in [-0.39, 0.29) is 29.3 Å². The molecule has 0 aliphatic carbocycles. The fourth-order valence-corrected chi connectivity index (χ4v) is 1.91. The number of amides is 1. The Hall–Kier alpha value is -2.17. The predicted octanol–water partition coefficient (Wildman–Crippen LogP) is 3.47. The van der Waals surface area contributed by atoms with Crippen LogP contribution in [0.2, 0.25) is 0 Å². The maximum atomic E-state index is 12.9. The van der Waals surface area contributed by atoms with Crippen molar-refractivity contribution < 1.29 is 13.7 Å². The molecule has 1 amide bonds. The van der Waals surface area contributed by atoms with Crippen LogP contribution in [0.15, 0.2) is 34.9 Å². The lowest BCUT2D eigenvalue weighted by Gasteiger charge is -2.12. The van der Waals surface area contributed by atoms with Crippen LogP contribution in [-0.4, -0.2) is 17.6 Å². The fourth-order valence-electron chi connectivity index (χ4n) is 1.91. The number of aromatic nitrogens is 1. The fraction of sp³-hybridized carbons (Fsp3) is 0.375. The lowest BCUT2D eigenvalue weighted by atomic mass is 10.0. The van der Waals surface area contributed by atoms with E-state index in [4.69, 9.17) is 4.52 Å². The molecule has 5 heteroatoms. The highest BCUT2D eigenvalue weighted by atomic mass is 19.1. The molecule has 1 atom stereocenters. The summed E-state index contributed by atoms with van der Waals surface area (Å²) in [7, 11) is 0. The van der Waals surface area contributed by atoms with Gasteiger partial charge in [0.25, 0.3) is 5.91 Å². The van der Waals surface area contributed by atoms with E-state index in [0.717, 1.165) is 5.56 Å². The molecule has 2 aromatic rings. The maximum absolute atomic E-state index is 12.9. The summed E-state index contributed by atoms with van der Waals surface area (Å²) in [6.45, 7) is 6.36. The van der Waals surface area contributed by atoms with Gasteiger partial charge in [0.05, 0.1) is 0 Å². The van der Waals surface area contributed by atoms with Crippen molar-refractivity contribution in [1.29, 1.82) is 0 Å². The van der Waals surface area contributed by atoms with Crippen molar-refractivity contribution in [3.05, 3.63) is 53.2 Å². The molecule has 0 saturated carbocycles. The molecule has 1 unspecified atom stereocenters. The van der Waals surface area contributed by atoms with Crippen LogP contribution in [0.1, 0.15) is 54.4 Å². The van der Waals surface area contributed by atoms with Gasteiger partial charge in [-0.25, -0.2) is 4.39 Å². The molecule has 0 radical (unpaired) electrons. The van der Waals surface area contributed by atoms with E-state index in [1.807, 2.05) is 20.8 Å². The van der Waals surface area contributed by atoms with Crippen molar-refractivity contribution in [3.63, 3.8) is 0 Å². The van der Waals surface area contributed by atoms with Crippen LogP contribution < -0.4 is 5.32 Å². The Morgan fingerprint density at radius 2 is 1.95 bits per heavy atom. The first-order chi connectivity index (χ1) is 9.97. The van der Waals surface area contributed by atoms with E-state index in [0.29, 0.717) is 12.3 Å². The Labute approximate surface area is 123 Å². The molecule has 21 heavy (non-hydrogen) atoms. The number of rotatable bonds is 5. The first-order valence-corrected chi connectivity index (χ1v) is 6.97. The first kappa shape index (κ1) is 15.2. The molecule has 1 heterocycles. The molecule has 1 aromatic carbocycles. The standard InChI is InChI=1S/C16H19FN2O2/c1-10(2)15-8-14(19-21-15)16(20)18-9-11(3)12-4-6-13(17)7-5-12/h4-8,10-11H,9H2,1-3H3,(H,18,20). The second-order valence-corrected chi connectivity index (χ2v) is 5.43. The summed E-state index contributed by atoms with van der Waals surface area (Å²) in [5.74, 6) is 0.438. The summed E-state index contributed by atoms with van der Waals surface area (Å²) in [6, 6.07) is 7.93. The van der Waals surface area contributed by atoms with Crippen molar-refractivity contribution in [3.8, 4) is 0 Å². The van der Waals surface area contributed by atoms with Gasteiger partial charge in [-0.15, -0.1) is 0 Å². The highest BCUT2D eigenvalue weighted by Crippen LogP contribution is 2.16. The third-order valence-electron chi connectivity index (χ3n) is 3.34. The Morgan fingerprint density at radius 1 is 1.29 bits per heavy atom. The van der Waals surface area contributed by atoms with E-state index in [9.17, 15) is 9.18 Å². The van der Waals surface area contributed by atoms with Gasteiger partial charge >= 0.3 is 0 Å². The minimum atomic E-state index is -0.265. The van der Waals surface area contributed by atoms with E-state index in [2.05, 4.69) is 10.5 Å². The van der Waals surface area contributed by atoms with Crippen LogP contribution in [0.3, 0.4) is 0 Å². The number of nitrogens with one attached hydrogen (secondary N) is 1. The molecule has 1 aromatic heterocycles. The molecule has 0 aliphatic rings. The van der Waals surface area contributed by atoms with Gasteiger partial charge in [0.1, 0.15) is 11.6 Å². The van der Waals surface area contributed by atoms with Crippen molar-refractivity contribution in [2.24, 2.45) is 0 Å². The monoisotopic (exact) mass is 290 g/mol. The summed E-state index contributed by atoms with van der Waals surface area (Å²) in [6.07, 6.45) is 0. The predicted molar refractivity (Wildman–Crippen MR) is 77.7 cm³/mol. The molecule has 112 valence electrons. The van der Waals surface area contributed by atoms with Gasteiger partial charge in [-0.05, 0) is 23.6 Å². The minimum Gasteiger partial charge on any atom is -0.360 e. The van der Waals surface area contributed by atoms with Crippen LogP contribution in [0.25, 0.3) is 0 Å². The zero-order valence-corrected chi connectivity index (χ0v) is 12.4.